The Hall–Kier alpha value is -1.81. The van der Waals surface area contributed by atoms with Gasteiger partial charge >= 0.3 is 0 Å². The lowest BCUT2D eigenvalue weighted by Crippen LogP contribution is -2.08. The van der Waals surface area contributed by atoms with Gasteiger partial charge < -0.3 is 14.8 Å². The van der Waals surface area contributed by atoms with E-state index in [1.807, 2.05) is 25.1 Å². The summed E-state index contributed by atoms with van der Waals surface area (Å²) in [5, 5.41) is 10.9. The number of fused-ring (bicyclic) bond motifs is 1. The van der Waals surface area contributed by atoms with Gasteiger partial charge in [0.2, 0.25) is 0 Å². The topological polar surface area (TPSA) is 57.6 Å². The Morgan fingerprint density at radius 1 is 1.53 bits per heavy atom. The lowest BCUT2D eigenvalue weighted by molar-refractivity contribution is 0.118. The highest BCUT2D eigenvalue weighted by Crippen LogP contribution is 2.26. The number of ether oxygens (including phenoxy) is 1. The van der Waals surface area contributed by atoms with Crippen LogP contribution in [0, 0.1) is 6.92 Å². The predicted octanol–water partition coefficient (Wildman–Crippen LogP) is 2.78. The molecular formula is C15H18N2O2. The third-order valence-corrected chi connectivity index (χ3v) is 3.53. The van der Waals surface area contributed by atoms with Gasteiger partial charge in [0.25, 0.3) is 0 Å². The van der Waals surface area contributed by atoms with Gasteiger partial charge in [-0.2, -0.15) is 0 Å². The van der Waals surface area contributed by atoms with Crippen molar-refractivity contribution in [1.29, 1.82) is 0 Å². The molecule has 1 aliphatic heterocycles. The molecule has 2 N–H and O–H groups in total. The summed E-state index contributed by atoms with van der Waals surface area (Å²) in [6.07, 6.45) is 4.19. The summed E-state index contributed by atoms with van der Waals surface area (Å²) in [5.41, 5.74) is 2.86. The second-order valence-electron chi connectivity index (χ2n) is 5.07. The van der Waals surface area contributed by atoms with E-state index in [-0.39, 0.29) is 12.0 Å². The van der Waals surface area contributed by atoms with E-state index in [4.69, 9.17) is 4.74 Å². The van der Waals surface area contributed by atoms with E-state index < -0.39 is 0 Å². The number of aryl methyl sites for hydroxylation is 1. The van der Waals surface area contributed by atoms with Crippen molar-refractivity contribution in [2.75, 3.05) is 13.2 Å². The number of nitrogens with one attached hydrogen (secondary N) is 1. The van der Waals surface area contributed by atoms with Crippen LogP contribution in [0.4, 0.5) is 0 Å². The van der Waals surface area contributed by atoms with E-state index in [0.717, 1.165) is 41.5 Å². The molecule has 3 rings (SSSR count). The van der Waals surface area contributed by atoms with Crippen LogP contribution < -0.4 is 0 Å². The van der Waals surface area contributed by atoms with E-state index in [9.17, 15) is 5.11 Å². The summed E-state index contributed by atoms with van der Waals surface area (Å²) >= 11 is 0. The maximum atomic E-state index is 9.94. The maximum Gasteiger partial charge on any atom is 0.198 e. The zero-order valence-electron chi connectivity index (χ0n) is 11.0. The zero-order chi connectivity index (χ0) is 13.2. The van der Waals surface area contributed by atoms with Crippen LogP contribution in [-0.2, 0) is 4.74 Å². The van der Waals surface area contributed by atoms with Crippen LogP contribution in [0.15, 0.2) is 23.2 Å². The number of nitrogens with zero attached hydrogens (tertiary/aromatic N) is 1. The number of benzene rings is 1. The number of aromatic hydroxyl groups is 1. The Morgan fingerprint density at radius 2 is 2.42 bits per heavy atom. The molecule has 0 radical (unpaired) electrons. The molecule has 1 fully saturated rings. The summed E-state index contributed by atoms with van der Waals surface area (Å²) in [6, 6.07) is 6.06. The molecule has 1 aliphatic rings. The summed E-state index contributed by atoms with van der Waals surface area (Å²) in [6.45, 7) is 3.54. The largest absolute Gasteiger partial charge is 0.494 e. The van der Waals surface area contributed by atoms with Gasteiger partial charge in [0.15, 0.2) is 5.88 Å². The fourth-order valence-electron chi connectivity index (χ4n) is 2.50. The van der Waals surface area contributed by atoms with Crippen molar-refractivity contribution in [3.8, 4) is 5.88 Å². The quantitative estimate of drug-likeness (QED) is 0.832. The summed E-state index contributed by atoms with van der Waals surface area (Å²) in [5.74, 6) is 0.177. The third-order valence-electron chi connectivity index (χ3n) is 3.53. The number of hydrogen-bond donors (Lipinski definition) is 2. The minimum atomic E-state index is 0.177. The molecule has 1 atom stereocenters. The number of aliphatic imine (C=N–C) groups is 1. The Labute approximate surface area is 112 Å². The van der Waals surface area contributed by atoms with Crippen molar-refractivity contribution < 1.29 is 9.84 Å². The van der Waals surface area contributed by atoms with E-state index in [0.29, 0.717) is 6.54 Å². The van der Waals surface area contributed by atoms with Gasteiger partial charge in [-0.25, -0.2) is 0 Å². The monoisotopic (exact) mass is 258 g/mol. The maximum absolute atomic E-state index is 9.94. The molecule has 4 nitrogen and oxygen atoms in total. The standard InChI is InChI=1S/C15H18N2O2/c1-10-4-5-12-13(15(18)17-14(12)7-10)9-16-8-11-3-2-6-19-11/h4-5,7,9,11,17-18H,2-3,6,8H2,1H3. The molecule has 0 saturated carbocycles. The van der Waals surface area contributed by atoms with E-state index in [2.05, 4.69) is 9.98 Å². The van der Waals surface area contributed by atoms with Gasteiger partial charge in [-0.1, -0.05) is 12.1 Å². The van der Waals surface area contributed by atoms with Gasteiger partial charge in [0, 0.05) is 23.7 Å². The average Bonchev–Trinajstić information content (AvgIpc) is 2.98. The number of aromatic amines is 1. The molecule has 2 heterocycles. The number of aromatic nitrogens is 1. The van der Waals surface area contributed by atoms with Crippen molar-refractivity contribution in [2.45, 2.75) is 25.9 Å². The third kappa shape index (κ3) is 2.49. The molecule has 19 heavy (non-hydrogen) atoms. The average molecular weight is 258 g/mol. The smallest absolute Gasteiger partial charge is 0.198 e. The molecule has 0 bridgehead atoms. The molecular weight excluding hydrogens is 240 g/mol. The van der Waals surface area contributed by atoms with Crippen LogP contribution in [0.25, 0.3) is 10.9 Å². The lowest BCUT2D eigenvalue weighted by atomic mass is 10.1. The van der Waals surface area contributed by atoms with Crippen molar-refractivity contribution in [1.82, 2.24) is 4.98 Å². The van der Waals surface area contributed by atoms with Crippen LogP contribution in [0.2, 0.25) is 0 Å². The van der Waals surface area contributed by atoms with Gasteiger partial charge in [0.05, 0.1) is 18.2 Å². The molecule has 1 aromatic heterocycles. The van der Waals surface area contributed by atoms with Crippen LogP contribution in [0.5, 0.6) is 5.88 Å². The first-order valence-corrected chi connectivity index (χ1v) is 6.67. The number of H-pyrrole nitrogens is 1. The Balaban J connectivity index is 1.83. The van der Waals surface area contributed by atoms with Crippen molar-refractivity contribution in [3.63, 3.8) is 0 Å². The summed E-state index contributed by atoms with van der Waals surface area (Å²) in [7, 11) is 0. The molecule has 2 aromatic rings. The van der Waals surface area contributed by atoms with Gasteiger partial charge in [-0.15, -0.1) is 0 Å². The number of hydrogen-bond acceptors (Lipinski definition) is 3. The fraction of sp³-hybridized carbons (Fsp3) is 0.400. The van der Waals surface area contributed by atoms with E-state index in [1.165, 1.54) is 0 Å². The SMILES string of the molecule is Cc1ccc2c(C=NCC3CCCO3)c(O)[nH]c2c1. The highest BCUT2D eigenvalue weighted by Gasteiger charge is 2.14. The van der Waals surface area contributed by atoms with E-state index >= 15 is 0 Å². The fourth-order valence-corrected chi connectivity index (χ4v) is 2.50. The van der Waals surface area contributed by atoms with Crippen LogP contribution in [0.1, 0.15) is 24.0 Å². The molecule has 100 valence electrons. The highest BCUT2D eigenvalue weighted by atomic mass is 16.5. The lowest BCUT2D eigenvalue weighted by Gasteiger charge is -2.03. The first kappa shape index (κ1) is 12.2. The van der Waals surface area contributed by atoms with Crippen molar-refractivity contribution in [2.24, 2.45) is 4.99 Å². The normalized spacial score (nSPS) is 19.7. The molecule has 0 spiro atoms. The molecule has 0 amide bonds. The van der Waals surface area contributed by atoms with Crippen LogP contribution >= 0.6 is 0 Å². The minimum Gasteiger partial charge on any atom is -0.494 e. The van der Waals surface area contributed by atoms with Crippen molar-refractivity contribution in [3.05, 3.63) is 29.3 Å². The van der Waals surface area contributed by atoms with E-state index in [1.54, 1.807) is 6.21 Å². The second kappa shape index (κ2) is 5.05. The molecule has 4 heteroatoms. The molecule has 1 saturated heterocycles. The first-order chi connectivity index (χ1) is 9.24. The molecule has 1 unspecified atom stereocenters. The zero-order valence-corrected chi connectivity index (χ0v) is 11.0. The van der Waals surface area contributed by atoms with Gasteiger partial charge in [0.1, 0.15) is 0 Å². The summed E-state index contributed by atoms with van der Waals surface area (Å²) in [4.78, 5) is 7.38. The highest BCUT2D eigenvalue weighted by molar-refractivity contribution is 6.02. The van der Waals surface area contributed by atoms with Crippen LogP contribution in [0.3, 0.4) is 0 Å². The predicted molar refractivity (Wildman–Crippen MR) is 76.1 cm³/mol. The Kier molecular flexibility index (Phi) is 3.25. The Morgan fingerprint density at radius 3 is 3.21 bits per heavy atom. The Bertz CT molecular complexity index is 610. The minimum absolute atomic E-state index is 0.177. The number of rotatable bonds is 3. The van der Waals surface area contributed by atoms with Crippen LogP contribution in [-0.4, -0.2) is 35.6 Å². The van der Waals surface area contributed by atoms with Crippen molar-refractivity contribution >= 4 is 17.1 Å². The van der Waals surface area contributed by atoms with Gasteiger partial charge in [-0.3, -0.25) is 4.99 Å². The van der Waals surface area contributed by atoms with Gasteiger partial charge in [-0.05, 0) is 31.4 Å². The first-order valence-electron chi connectivity index (χ1n) is 6.67. The molecule has 0 aliphatic carbocycles. The summed E-state index contributed by atoms with van der Waals surface area (Å²) < 4.78 is 5.52. The molecule has 1 aromatic carbocycles. The second-order valence-corrected chi connectivity index (χ2v) is 5.07.